The fraction of sp³-hybridized carbons (Fsp3) is 0.462. The quantitative estimate of drug-likeness (QED) is 0.655. The Kier molecular flexibility index (Phi) is 4.84. The van der Waals surface area contributed by atoms with E-state index in [0.717, 1.165) is 12.8 Å². The van der Waals surface area contributed by atoms with Gasteiger partial charge in [0.2, 0.25) is 5.88 Å². The topological polar surface area (TPSA) is 77.1 Å². The molecule has 22 heavy (non-hydrogen) atoms. The average Bonchev–Trinajstić information content (AvgIpc) is 2.87. The van der Waals surface area contributed by atoms with Gasteiger partial charge >= 0.3 is 12.1 Å². The number of aromatic nitrogens is 3. The molecule has 0 spiro atoms. The normalized spacial score (nSPS) is 11.6. The number of nitrogens with zero attached hydrogens (tertiary/aromatic N) is 2. The SMILES string of the molecule is CCCCOC(=O)c1n[nH]c2nc(OCC(F)(F)F)ccc12. The number of esters is 1. The lowest BCUT2D eigenvalue weighted by Gasteiger charge is -2.07. The van der Waals surface area contributed by atoms with Crippen molar-refractivity contribution in [3.63, 3.8) is 0 Å². The predicted octanol–water partition coefficient (Wildman–Crippen LogP) is 2.86. The Hall–Kier alpha value is -2.32. The van der Waals surface area contributed by atoms with Crippen molar-refractivity contribution in [3.05, 3.63) is 17.8 Å². The number of halogens is 3. The number of ether oxygens (including phenoxy) is 2. The smallest absolute Gasteiger partial charge is 0.422 e. The van der Waals surface area contributed by atoms with Crippen LogP contribution in [0.5, 0.6) is 5.88 Å². The van der Waals surface area contributed by atoms with Crippen LogP contribution in [0.15, 0.2) is 12.1 Å². The first-order chi connectivity index (χ1) is 10.4. The van der Waals surface area contributed by atoms with E-state index in [-0.39, 0.29) is 23.8 Å². The Morgan fingerprint density at radius 2 is 2.14 bits per heavy atom. The summed E-state index contributed by atoms with van der Waals surface area (Å²) in [6.45, 7) is 0.805. The van der Waals surface area contributed by atoms with Crippen LogP contribution < -0.4 is 4.74 Å². The van der Waals surface area contributed by atoms with E-state index in [9.17, 15) is 18.0 Å². The van der Waals surface area contributed by atoms with Crippen LogP contribution in [0.25, 0.3) is 11.0 Å². The summed E-state index contributed by atoms with van der Waals surface area (Å²) in [4.78, 5) is 15.7. The molecule has 0 unspecified atom stereocenters. The third-order valence-electron chi connectivity index (χ3n) is 2.71. The minimum atomic E-state index is -4.45. The molecule has 0 saturated carbocycles. The zero-order chi connectivity index (χ0) is 16.2. The zero-order valence-electron chi connectivity index (χ0n) is 11.7. The largest absolute Gasteiger partial charge is 0.468 e. The molecule has 0 aliphatic rings. The van der Waals surface area contributed by atoms with Crippen LogP contribution in [0.3, 0.4) is 0 Å². The fourth-order valence-corrected chi connectivity index (χ4v) is 1.66. The monoisotopic (exact) mass is 317 g/mol. The molecule has 1 N–H and O–H groups in total. The van der Waals surface area contributed by atoms with E-state index in [0.29, 0.717) is 5.39 Å². The second-order valence-electron chi connectivity index (χ2n) is 4.51. The van der Waals surface area contributed by atoms with Gasteiger partial charge in [0.1, 0.15) is 0 Å². The van der Waals surface area contributed by atoms with Crippen LogP contribution in [0.4, 0.5) is 13.2 Å². The van der Waals surface area contributed by atoms with Crippen molar-refractivity contribution < 1.29 is 27.4 Å². The highest BCUT2D eigenvalue weighted by Gasteiger charge is 2.28. The highest BCUT2D eigenvalue weighted by molar-refractivity contribution is 6.00. The minimum Gasteiger partial charge on any atom is -0.468 e. The predicted molar refractivity (Wildman–Crippen MR) is 70.6 cm³/mol. The number of fused-ring (bicyclic) bond motifs is 1. The lowest BCUT2D eigenvalue weighted by Crippen LogP contribution is -2.19. The molecule has 0 aliphatic heterocycles. The van der Waals surface area contributed by atoms with Gasteiger partial charge in [0.05, 0.1) is 12.0 Å². The van der Waals surface area contributed by atoms with Crippen LogP contribution in [0.2, 0.25) is 0 Å². The number of aromatic amines is 1. The standard InChI is InChI=1S/C13H14F3N3O3/c1-2-3-6-21-12(20)10-8-4-5-9(17-11(8)19-18-10)22-7-13(14,15)16/h4-5H,2-3,6-7H2,1H3,(H,17,18,19). The maximum Gasteiger partial charge on any atom is 0.422 e. The summed E-state index contributed by atoms with van der Waals surface area (Å²) in [6.07, 6.45) is -2.82. The van der Waals surface area contributed by atoms with Gasteiger partial charge < -0.3 is 9.47 Å². The third-order valence-corrected chi connectivity index (χ3v) is 2.71. The van der Waals surface area contributed by atoms with E-state index in [2.05, 4.69) is 19.9 Å². The van der Waals surface area contributed by atoms with Crippen LogP contribution in [0.1, 0.15) is 30.3 Å². The van der Waals surface area contributed by atoms with Gasteiger partial charge in [-0.05, 0) is 12.5 Å². The van der Waals surface area contributed by atoms with Crippen LogP contribution in [-0.4, -0.2) is 40.5 Å². The number of rotatable bonds is 6. The maximum absolute atomic E-state index is 12.1. The van der Waals surface area contributed by atoms with Crippen LogP contribution in [0, 0.1) is 0 Å². The molecule has 2 heterocycles. The Morgan fingerprint density at radius 3 is 2.82 bits per heavy atom. The maximum atomic E-state index is 12.1. The first kappa shape index (κ1) is 16.1. The summed E-state index contributed by atoms with van der Waals surface area (Å²) in [6, 6.07) is 2.65. The number of nitrogens with one attached hydrogen (secondary N) is 1. The number of hydrogen-bond donors (Lipinski definition) is 1. The van der Waals surface area contributed by atoms with Gasteiger partial charge in [-0.3, -0.25) is 5.10 Å². The minimum absolute atomic E-state index is 0.0426. The summed E-state index contributed by atoms with van der Waals surface area (Å²) < 4.78 is 45.8. The summed E-state index contributed by atoms with van der Waals surface area (Å²) in [5.74, 6) is -0.815. The number of H-pyrrole nitrogens is 1. The molecule has 2 rings (SSSR count). The molecular formula is C13H14F3N3O3. The molecule has 0 atom stereocenters. The number of hydrogen-bond acceptors (Lipinski definition) is 5. The fourth-order valence-electron chi connectivity index (χ4n) is 1.66. The molecule has 0 bridgehead atoms. The molecule has 2 aromatic rings. The van der Waals surface area contributed by atoms with Gasteiger partial charge in [-0.1, -0.05) is 13.3 Å². The van der Waals surface area contributed by atoms with E-state index < -0.39 is 18.8 Å². The van der Waals surface area contributed by atoms with Gasteiger partial charge in [0.25, 0.3) is 0 Å². The molecule has 0 aliphatic carbocycles. The van der Waals surface area contributed by atoms with Gasteiger partial charge in [-0.15, -0.1) is 0 Å². The molecule has 9 heteroatoms. The number of pyridine rings is 1. The van der Waals surface area contributed by atoms with Crippen molar-refractivity contribution in [2.75, 3.05) is 13.2 Å². The van der Waals surface area contributed by atoms with Gasteiger partial charge in [-0.2, -0.15) is 23.3 Å². The number of carbonyl (C=O) groups is 1. The lowest BCUT2D eigenvalue weighted by atomic mass is 10.2. The van der Waals surface area contributed by atoms with E-state index in [1.807, 2.05) is 6.92 Å². The Morgan fingerprint density at radius 1 is 1.36 bits per heavy atom. The second-order valence-corrected chi connectivity index (χ2v) is 4.51. The number of alkyl halides is 3. The lowest BCUT2D eigenvalue weighted by molar-refractivity contribution is -0.154. The third kappa shape index (κ3) is 4.09. The van der Waals surface area contributed by atoms with Gasteiger partial charge in [0, 0.05) is 6.07 Å². The highest BCUT2D eigenvalue weighted by atomic mass is 19.4. The Labute approximate surface area is 123 Å². The van der Waals surface area contributed by atoms with Crippen molar-refractivity contribution in [3.8, 4) is 5.88 Å². The van der Waals surface area contributed by atoms with E-state index in [4.69, 9.17) is 4.74 Å². The first-order valence-corrected chi connectivity index (χ1v) is 6.62. The van der Waals surface area contributed by atoms with E-state index in [1.54, 1.807) is 0 Å². The molecule has 2 aromatic heterocycles. The molecule has 0 fully saturated rings. The molecule has 120 valence electrons. The van der Waals surface area contributed by atoms with Crippen LogP contribution >= 0.6 is 0 Å². The molecule has 6 nitrogen and oxygen atoms in total. The zero-order valence-corrected chi connectivity index (χ0v) is 11.7. The molecule has 0 aromatic carbocycles. The van der Waals surface area contributed by atoms with Crippen molar-refractivity contribution in [2.45, 2.75) is 25.9 Å². The average molecular weight is 317 g/mol. The van der Waals surface area contributed by atoms with Crippen molar-refractivity contribution in [2.24, 2.45) is 0 Å². The Balaban J connectivity index is 2.11. The van der Waals surface area contributed by atoms with Crippen LogP contribution in [-0.2, 0) is 4.74 Å². The van der Waals surface area contributed by atoms with Gasteiger partial charge in [-0.25, -0.2) is 4.79 Å². The summed E-state index contributed by atoms with van der Waals surface area (Å²) in [7, 11) is 0. The Bertz CT molecular complexity index is 655. The summed E-state index contributed by atoms with van der Waals surface area (Å²) in [5.41, 5.74) is 0.197. The second kappa shape index (κ2) is 6.63. The first-order valence-electron chi connectivity index (χ1n) is 6.62. The molecule has 0 amide bonds. The van der Waals surface area contributed by atoms with Crippen molar-refractivity contribution in [1.82, 2.24) is 15.2 Å². The van der Waals surface area contributed by atoms with Crippen molar-refractivity contribution >= 4 is 17.0 Å². The number of unbranched alkanes of at least 4 members (excludes halogenated alkanes) is 1. The highest BCUT2D eigenvalue weighted by Crippen LogP contribution is 2.21. The molecular weight excluding hydrogens is 303 g/mol. The molecule has 0 saturated heterocycles. The van der Waals surface area contributed by atoms with Crippen molar-refractivity contribution in [1.29, 1.82) is 0 Å². The summed E-state index contributed by atoms with van der Waals surface area (Å²) >= 11 is 0. The summed E-state index contributed by atoms with van der Waals surface area (Å²) in [5, 5.41) is 6.62. The van der Waals surface area contributed by atoms with E-state index in [1.165, 1.54) is 12.1 Å². The van der Waals surface area contributed by atoms with Gasteiger partial charge in [0.15, 0.2) is 17.9 Å². The number of carbonyl (C=O) groups excluding carboxylic acids is 1. The van der Waals surface area contributed by atoms with E-state index >= 15 is 0 Å². The molecule has 0 radical (unpaired) electrons.